The normalized spacial score (nSPS) is 11.8. The van der Waals surface area contributed by atoms with Crippen molar-refractivity contribution in [3.63, 3.8) is 0 Å². The topological polar surface area (TPSA) is 52.0 Å². The quantitative estimate of drug-likeness (QED) is 0.808. The maximum Gasteiger partial charge on any atom is 0.158 e. The summed E-state index contributed by atoms with van der Waals surface area (Å²) < 4.78 is 7.64. The van der Waals surface area contributed by atoms with Crippen LogP contribution in [-0.2, 0) is 24.9 Å². The minimum Gasteiger partial charge on any atom is -0.373 e. The van der Waals surface area contributed by atoms with Crippen LogP contribution in [0.2, 0.25) is 0 Å². The molecule has 0 atom stereocenters. The van der Waals surface area contributed by atoms with E-state index in [1.54, 1.807) is 6.33 Å². The number of hydrogen-bond acceptors (Lipinski definition) is 4. The average molecular weight is 288 g/mol. The van der Waals surface area contributed by atoms with Crippen LogP contribution in [0.1, 0.15) is 25.2 Å². The van der Waals surface area contributed by atoms with Gasteiger partial charge in [-0.25, -0.2) is 0 Å². The number of aromatic nitrogens is 3. The lowest BCUT2D eigenvalue weighted by Gasteiger charge is -2.24. The summed E-state index contributed by atoms with van der Waals surface area (Å²) in [5, 5.41) is 11.3. The number of rotatable bonds is 8. The van der Waals surface area contributed by atoms with Gasteiger partial charge in [0.05, 0.1) is 6.61 Å². The molecule has 0 spiro atoms. The van der Waals surface area contributed by atoms with Crippen molar-refractivity contribution in [1.29, 1.82) is 0 Å². The molecule has 1 aromatic carbocycles. The smallest absolute Gasteiger partial charge is 0.158 e. The van der Waals surface area contributed by atoms with Crippen LogP contribution in [0.25, 0.3) is 0 Å². The van der Waals surface area contributed by atoms with E-state index in [-0.39, 0.29) is 5.41 Å². The number of ether oxygens (including phenoxy) is 1. The predicted molar refractivity (Wildman–Crippen MR) is 82.6 cm³/mol. The van der Waals surface area contributed by atoms with Crippen LogP contribution in [-0.4, -0.2) is 27.9 Å². The molecule has 0 aliphatic rings. The van der Waals surface area contributed by atoms with Gasteiger partial charge in [0.25, 0.3) is 0 Å². The minimum atomic E-state index is 0.0768. The van der Waals surface area contributed by atoms with E-state index in [0.717, 1.165) is 18.9 Å². The molecule has 1 heterocycles. The second-order valence-corrected chi connectivity index (χ2v) is 6.10. The molecule has 21 heavy (non-hydrogen) atoms. The van der Waals surface area contributed by atoms with E-state index in [0.29, 0.717) is 13.2 Å². The van der Waals surface area contributed by atoms with Crippen LogP contribution in [0.15, 0.2) is 36.7 Å². The van der Waals surface area contributed by atoms with Gasteiger partial charge < -0.3 is 14.6 Å². The second-order valence-electron chi connectivity index (χ2n) is 6.10. The SMILES string of the molecule is Cn1cnnc1COCC(C)(C)CNCc1ccccc1. The Hall–Kier alpha value is -1.72. The number of aryl methyl sites for hydroxylation is 1. The minimum absolute atomic E-state index is 0.0768. The fourth-order valence-corrected chi connectivity index (χ4v) is 2.05. The van der Waals surface area contributed by atoms with Crippen molar-refractivity contribution in [2.45, 2.75) is 27.0 Å². The molecule has 0 saturated heterocycles. The third-order valence-electron chi connectivity index (χ3n) is 3.30. The Morgan fingerprint density at radius 1 is 1.24 bits per heavy atom. The molecule has 0 bridgehead atoms. The summed E-state index contributed by atoms with van der Waals surface area (Å²) in [5.41, 5.74) is 1.38. The van der Waals surface area contributed by atoms with E-state index in [4.69, 9.17) is 4.74 Å². The molecule has 2 aromatic rings. The Labute approximate surface area is 126 Å². The first-order valence-corrected chi connectivity index (χ1v) is 7.22. The summed E-state index contributed by atoms with van der Waals surface area (Å²) in [5.74, 6) is 0.850. The Morgan fingerprint density at radius 3 is 2.67 bits per heavy atom. The summed E-state index contributed by atoms with van der Waals surface area (Å²) in [6.07, 6.45) is 1.69. The van der Waals surface area contributed by atoms with Crippen LogP contribution < -0.4 is 5.32 Å². The maximum atomic E-state index is 5.76. The van der Waals surface area contributed by atoms with Crippen molar-refractivity contribution in [2.75, 3.05) is 13.2 Å². The highest BCUT2D eigenvalue weighted by molar-refractivity contribution is 5.14. The molecule has 0 unspecified atom stereocenters. The molecule has 2 rings (SSSR count). The largest absolute Gasteiger partial charge is 0.373 e. The fraction of sp³-hybridized carbons (Fsp3) is 0.500. The Bertz CT molecular complexity index is 536. The van der Waals surface area contributed by atoms with Gasteiger partial charge in [-0.3, -0.25) is 0 Å². The first kappa shape index (κ1) is 15.7. The Kier molecular flexibility index (Phi) is 5.47. The van der Waals surface area contributed by atoms with E-state index in [2.05, 4.69) is 53.6 Å². The third-order valence-corrected chi connectivity index (χ3v) is 3.30. The number of nitrogens with one attached hydrogen (secondary N) is 1. The summed E-state index contributed by atoms with van der Waals surface area (Å²) in [6.45, 7) is 7.36. The number of nitrogens with zero attached hydrogens (tertiary/aromatic N) is 3. The van der Waals surface area contributed by atoms with E-state index >= 15 is 0 Å². The van der Waals surface area contributed by atoms with E-state index in [1.807, 2.05) is 17.7 Å². The third kappa shape index (κ3) is 5.28. The average Bonchev–Trinajstić information content (AvgIpc) is 2.85. The monoisotopic (exact) mass is 288 g/mol. The van der Waals surface area contributed by atoms with Crippen molar-refractivity contribution >= 4 is 0 Å². The Balaban J connectivity index is 1.68. The molecule has 0 aliphatic heterocycles. The zero-order chi connectivity index (χ0) is 15.1. The van der Waals surface area contributed by atoms with Gasteiger partial charge in [0, 0.05) is 25.6 Å². The summed E-state index contributed by atoms with van der Waals surface area (Å²) >= 11 is 0. The van der Waals surface area contributed by atoms with E-state index < -0.39 is 0 Å². The van der Waals surface area contributed by atoms with E-state index in [1.165, 1.54) is 5.56 Å². The summed E-state index contributed by atoms with van der Waals surface area (Å²) in [6, 6.07) is 10.4. The number of hydrogen-bond donors (Lipinski definition) is 1. The van der Waals surface area contributed by atoms with Gasteiger partial charge >= 0.3 is 0 Å². The highest BCUT2D eigenvalue weighted by Gasteiger charge is 2.18. The molecule has 0 aliphatic carbocycles. The number of benzene rings is 1. The first-order valence-electron chi connectivity index (χ1n) is 7.22. The van der Waals surface area contributed by atoms with Crippen molar-refractivity contribution in [3.05, 3.63) is 48.0 Å². The van der Waals surface area contributed by atoms with Crippen molar-refractivity contribution < 1.29 is 4.74 Å². The van der Waals surface area contributed by atoms with Crippen LogP contribution in [0, 0.1) is 5.41 Å². The standard InChI is InChI=1S/C16H24N4O/c1-16(2,11-17-9-14-7-5-4-6-8-14)12-21-10-15-19-18-13-20(15)3/h4-8,13,17H,9-12H2,1-3H3. The molecule has 5 nitrogen and oxygen atoms in total. The Morgan fingerprint density at radius 2 is 2.00 bits per heavy atom. The molecule has 5 heteroatoms. The zero-order valence-electron chi connectivity index (χ0n) is 13.0. The highest BCUT2D eigenvalue weighted by Crippen LogP contribution is 2.15. The molecule has 0 saturated carbocycles. The van der Waals surface area contributed by atoms with Gasteiger partial charge in [-0.05, 0) is 5.56 Å². The van der Waals surface area contributed by atoms with Crippen LogP contribution in [0.4, 0.5) is 0 Å². The van der Waals surface area contributed by atoms with Gasteiger partial charge in [-0.15, -0.1) is 10.2 Å². The van der Waals surface area contributed by atoms with Crippen molar-refractivity contribution in [2.24, 2.45) is 12.5 Å². The first-order chi connectivity index (χ1) is 10.1. The van der Waals surface area contributed by atoms with Crippen LogP contribution in [0.3, 0.4) is 0 Å². The van der Waals surface area contributed by atoms with Crippen molar-refractivity contribution in [3.8, 4) is 0 Å². The molecule has 0 amide bonds. The van der Waals surface area contributed by atoms with Crippen molar-refractivity contribution in [1.82, 2.24) is 20.1 Å². The molecule has 0 fully saturated rings. The molecule has 114 valence electrons. The van der Waals surface area contributed by atoms with Gasteiger partial charge in [0.1, 0.15) is 12.9 Å². The van der Waals surface area contributed by atoms with Gasteiger partial charge in [-0.2, -0.15) is 0 Å². The lowest BCUT2D eigenvalue weighted by molar-refractivity contribution is 0.0464. The molecular weight excluding hydrogens is 264 g/mol. The molecule has 0 radical (unpaired) electrons. The molecule has 1 N–H and O–H groups in total. The fourth-order valence-electron chi connectivity index (χ4n) is 2.05. The maximum absolute atomic E-state index is 5.76. The van der Waals surface area contributed by atoms with Gasteiger partial charge in [-0.1, -0.05) is 44.2 Å². The van der Waals surface area contributed by atoms with Crippen LogP contribution >= 0.6 is 0 Å². The molecule has 1 aromatic heterocycles. The lowest BCUT2D eigenvalue weighted by atomic mass is 9.95. The highest BCUT2D eigenvalue weighted by atomic mass is 16.5. The summed E-state index contributed by atoms with van der Waals surface area (Å²) in [4.78, 5) is 0. The molecular formula is C16H24N4O. The van der Waals surface area contributed by atoms with E-state index in [9.17, 15) is 0 Å². The zero-order valence-corrected chi connectivity index (χ0v) is 13.0. The van der Waals surface area contributed by atoms with Gasteiger partial charge in [0.15, 0.2) is 5.82 Å². The summed E-state index contributed by atoms with van der Waals surface area (Å²) in [7, 11) is 1.92. The second kappa shape index (κ2) is 7.33. The lowest BCUT2D eigenvalue weighted by Crippen LogP contribution is -2.33. The van der Waals surface area contributed by atoms with Crippen LogP contribution in [0.5, 0.6) is 0 Å². The predicted octanol–water partition coefficient (Wildman–Crippen LogP) is 2.15. The van der Waals surface area contributed by atoms with Gasteiger partial charge in [0.2, 0.25) is 0 Å².